The Kier molecular flexibility index (Phi) is 2.82. The van der Waals surface area contributed by atoms with Crippen LogP contribution in [0.1, 0.15) is 30.1 Å². The van der Waals surface area contributed by atoms with Crippen LogP contribution >= 0.6 is 0 Å². The van der Waals surface area contributed by atoms with Gasteiger partial charge in [-0.05, 0) is 31.4 Å². The minimum Gasteiger partial charge on any atom is -0.496 e. The van der Waals surface area contributed by atoms with Crippen LogP contribution in [-0.2, 0) is 6.42 Å². The predicted octanol–water partition coefficient (Wildman–Crippen LogP) is 2.07. The highest BCUT2D eigenvalue weighted by molar-refractivity contribution is 5.51. The Morgan fingerprint density at radius 3 is 2.53 bits per heavy atom. The Bertz CT molecular complexity index is 360. The molecule has 15 heavy (non-hydrogen) atoms. The van der Waals surface area contributed by atoms with Gasteiger partial charge in [0, 0.05) is 11.1 Å². The molecule has 0 aliphatic heterocycles. The lowest BCUT2D eigenvalue weighted by Gasteiger charge is -2.25. The van der Waals surface area contributed by atoms with Gasteiger partial charge in [-0.1, -0.05) is 0 Å². The van der Waals surface area contributed by atoms with E-state index in [4.69, 9.17) is 9.47 Å². The second-order valence-corrected chi connectivity index (χ2v) is 3.77. The van der Waals surface area contributed by atoms with E-state index in [2.05, 4.69) is 0 Å². The minimum absolute atomic E-state index is 0.418. The molecule has 3 heteroatoms. The molecule has 0 bridgehead atoms. The second kappa shape index (κ2) is 4.11. The van der Waals surface area contributed by atoms with E-state index in [1.807, 2.05) is 12.1 Å². The fourth-order valence-electron chi connectivity index (χ4n) is 2.23. The van der Waals surface area contributed by atoms with Gasteiger partial charge in [-0.3, -0.25) is 0 Å². The first kappa shape index (κ1) is 10.3. The van der Waals surface area contributed by atoms with Crippen LogP contribution in [0.3, 0.4) is 0 Å². The molecule has 1 atom stereocenters. The molecular weight excluding hydrogens is 192 g/mol. The zero-order chi connectivity index (χ0) is 10.8. The molecule has 0 saturated carbocycles. The third-order valence-corrected chi connectivity index (χ3v) is 2.95. The Balaban J connectivity index is 2.56. The van der Waals surface area contributed by atoms with Crippen molar-refractivity contribution in [2.45, 2.75) is 25.4 Å². The number of methoxy groups -OCH3 is 2. The summed E-state index contributed by atoms with van der Waals surface area (Å²) in [5.74, 6) is 1.61. The van der Waals surface area contributed by atoms with Crippen molar-refractivity contribution in [3.63, 3.8) is 0 Å². The first-order valence-corrected chi connectivity index (χ1v) is 5.19. The van der Waals surface area contributed by atoms with Gasteiger partial charge in [-0.15, -0.1) is 0 Å². The quantitative estimate of drug-likeness (QED) is 0.808. The first-order valence-electron chi connectivity index (χ1n) is 5.19. The van der Waals surface area contributed by atoms with Crippen LogP contribution < -0.4 is 9.47 Å². The molecular formula is C12H16O3. The molecule has 1 aromatic carbocycles. The van der Waals surface area contributed by atoms with Crippen molar-refractivity contribution in [3.05, 3.63) is 23.3 Å². The van der Waals surface area contributed by atoms with Gasteiger partial charge in [-0.2, -0.15) is 0 Å². The lowest BCUT2D eigenvalue weighted by molar-refractivity contribution is 0.151. The summed E-state index contributed by atoms with van der Waals surface area (Å²) >= 11 is 0. The van der Waals surface area contributed by atoms with Gasteiger partial charge in [0.1, 0.15) is 11.5 Å². The summed E-state index contributed by atoms with van der Waals surface area (Å²) in [6.45, 7) is 0. The fourth-order valence-corrected chi connectivity index (χ4v) is 2.23. The topological polar surface area (TPSA) is 38.7 Å². The Hall–Kier alpha value is -1.22. The van der Waals surface area contributed by atoms with Crippen molar-refractivity contribution < 1.29 is 14.6 Å². The number of hydrogen-bond donors (Lipinski definition) is 1. The van der Waals surface area contributed by atoms with Gasteiger partial charge in [0.05, 0.1) is 20.3 Å². The van der Waals surface area contributed by atoms with E-state index in [-0.39, 0.29) is 0 Å². The summed E-state index contributed by atoms with van der Waals surface area (Å²) in [6.07, 6.45) is 2.33. The van der Waals surface area contributed by atoms with Gasteiger partial charge in [0.25, 0.3) is 0 Å². The molecule has 82 valence electrons. The third kappa shape index (κ3) is 1.67. The molecule has 1 N–H and O–H groups in total. The average Bonchev–Trinajstić information content (AvgIpc) is 2.28. The van der Waals surface area contributed by atoms with Crippen molar-refractivity contribution >= 4 is 0 Å². The number of aliphatic hydroxyl groups excluding tert-OH is 1. The maximum Gasteiger partial charge on any atom is 0.125 e. The smallest absolute Gasteiger partial charge is 0.125 e. The third-order valence-electron chi connectivity index (χ3n) is 2.95. The number of hydrogen-bond acceptors (Lipinski definition) is 3. The van der Waals surface area contributed by atoms with Crippen LogP contribution in [0.4, 0.5) is 0 Å². The molecule has 0 amide bonds. The highest BCUT2D eigenvalue weighted by Crippen LogP contribution is 2.40. The van der Waals surface area contributed by atoms with E-state index in [1.165, 1.54) is 0 Å². The maximum absolute atomic E-state index is 9.96. The van der Waals surface area contributed by atoms with Gasteiger partial charge in [0.2, 0.25) is 0 Å². The molecule has 0 fully saturated rings. The molecule has 1 aliphatic carbocycles. The zero-order valence-electron chi connectivity index (χ0n) is 9.12. The molecule has 2 rings (SSSR count). The molecule has 0 radical (unpaired) electrons. The SMILES string of the molecule is COc1ccc(OC)c2c1CCC[C@@H]2O. The van der Waals surface area contributed by atoms with Crippen LogP contribution in [0.25, 0.3) is 0 Å². The highest BCUT2D eigenvalue weighted by atomic mass is 16.5. The molecule has 0 spiro atoms. The molecule has 1 aromatic rings. The normalized spacial score (nSPS) is 19.5. The van der Waals surface area contributed by atoms with Crippen LogP contribution in [0.5, 0.6) is 11.5 Å². The molecule has 0 unspecified atom stereocenters. The highest BCUT2D eigenvalue weighted by Gasteiger charge is 2.24. The van der Waals surface area contributed by atoms with Gasteiger partial charge in [-0.25, -0.2) is 0 Å². The van der Waals surface area contributed by atoms with Crippen molar-refractivity contribution in [1.82, 2.24) is 0 Å². The van der Waals surface area contributed by atoms with Crippen LogP contribution in [-0.4, -0.2) is 19.3 Å². The summed E-state index contributed by atoms with van der Waals surface area (Å²) in [5, 5.41) is 9.96. The van der Waals surface area contributed by atoms with E-state index >= 15 is 0 Å². The number of ether oxygens (including phenoxy) is 2. The van der Waals surface area contributed by atoms with Gasteiger partial charge < -0.3 is 14.6 Å². The van der Waals surface area contributed by atoms with E-state index in [0.717, 1.165) is 41.9 Å². The largest absolute Gasteiger partial charge is 0.496 e. The fraction of sp³-hybridized carbons (Fsp3) is 0.500. The number of benzene rings is 1. The number of fused-ring (bicyclic) bond motifs is 1. The van der Waals surface area contributed by atoms with E-state index < -0.39 is 6.10 Å². The summed E-state index contributed by atoms with van der Waals surface area (Å²) in [7, 11) is 3.28. The van der Waals surface area contributed by atoms with Crippen molar-refractivity contribution in [2.75, 3.05) is 14.2 Å². The summed E-state index contributed by atoms with van der Waals surface area (Å²) in [5.41, 5.74) is 2.00. The van der Waals surface area contributed by atoms with Crippen molar-refractivity contribution in [2.24, 2.45) is 0 Å². The van der Waals surface area contributed by atoms with E-state index in [1.54, 1.807) is 14.2 Å². The van der Waals surface area contributed by atoms with Crippen molar-refractivity contribution in [1.29, 1.82) is 0 Å². The van der Waals surface area contributed by atoms with Crippen LogP contribution in [0.2, 0.25) is 0 Å². The average molecular weight is 208 g/mol. The Morgan fingerprint density at radius 1 is 1.20 bits per heavy atom. The van der Waals surface area contributed by atoms with Gasteiger partial charge >= 0.3 is 0 Å². The standard InChI is InChI=1S/C12H16O3/c1-14-10-6-7-11(15-2)12-8(10)4-3-5-9(12)13/h6-7,9,13H,3-5H2,1-2H3/t9-/m0/s1. The lowest BCUT2D eigenvalue weighted by Crippen LogP contribution is -2.12. The summed E-state index contributed by atoms with van der Waals surface area (Å²) in [6, 6.07) is 3.75. The molecule has 0 heterocycles. The molecule has 3 nitrogen and oxygen atoms in total. The number of rotatable bonds is 2. The molecule has 0 aromatic heterocycles. The van der Waals surface area contributed by atoms with Gasteiger partial charge in [0.15, 0.2) is 0 Å². The summed E-state index contributed by atoms with van der Waals surface area (Å²) in [4.78, 5) is 0. The van der Waals surface area contributed by atoms with E-state index in [0.29, 0.717) is 0 Å². The first-order chi connectivity index (χ1) is 7.27. The number of aliphatic hydroxyl groups is 1. The molecule has 0 saturated heterocycles. The monoisotopic (exact) mass is 208 g/mol. The second-order valence-electron chi connectivity index (χ2n) is 3.77. The zero-order valence-corrected chi connectivity index (χ0v) is 9.12. The predicted molar refractivity (Wildman–Crippen MR) is 57.4 cm³/mol. The lowest BCUT2D eigenvalue weighted by atomic mass is 9.88. The Morgan fingerprint density at radius 2 is 1.87 bits per heavy atom. The van der Waals surface area contributed by atoms with E-state index in [9.17, 15) is 5.11 Å². The van der Waals surface area contributed by atoms with Crippen LogP contribution in [0, 0.1) is 0 Å². The van der Waals surface area contributed by atoms with Crippen molar-refractivity contribution in [3.8, 4) is 11.5 Å². The van der Waals surface area contributed by atoms with Crippen LogP contribution in [0.15, 0.2) is 12.1 Å². The Labute approximate surface area is 89.6 Å². The maximum atomic E-state index is 9.96. The summed E-state index contributed by atoms with van der Waals surface area (Å²) < 4.78 is 10.6. The molecule has 1 aliphatic rings. The minimum atomic E-state index is -0.418.